The Hall–Kier alpha value is -2.78. The van der Waals surface area contributed by atoms with Crippen molar-refractivity contribution in [2.24, 2.45) is 0 Å². The molecule has 1 aliphatic heterocycles. The highest BCUT2D eigenvalue weighted by molar-refractivity contribution is 6.62. The minimum Gasteiger partial charge on any atom is -0.481 e. The zero-order valence-corrected chi connectivity index (χ0v) is 13.7. The number of aryl methyl sites for hydroxylation is 1. The van der Waals surface area contributed by atoms with Crippen LogP contribution in [0.2, 0.25) is 0 Å². The molecule has 0 fully saturated rings. The molecular weight excluding hydrogens is 325 g/mol. The first kappa shape index (κ1) is 17.1. The van der Waals surface area contributed by atoms with Crippen molar-refractivity contribution in [3.8, 4) is 11.6 Å². The Balaban J connectivity index is 1.92. The summed E-state index contributed by atoms with van der Waals surface area (Å²) in [6.07, 6.45) is 1.98. The number of fused-ring (bicyclic) bond motifs is 1. The SMILES string of the molecule is CC(=N)c1cncc(Oc2cc(C)c3c(c2)B(O)OC3CC(=O)O)n1. The fraction of sp³-hybridized carbons (Fsp3) is 0.250. The lowest BCUT2D eigenvalue weighted by Crippen LogP contribution is -2.28. The van der Waals surface area contributed by atoms with E-state index in [0.717, 1.165) is 5.56 Å². The maximum Gasteiger partial charge on any atom is 0.492 e. The average molecular weight is 341 g/mol. The number of aliphatic carboxylic acids is 1. The van der Waals surface area contributed by atoms with E-state index >= 15 is 0 Å². The summed E-state index contributed by atoms with van der Waals surface area (Å²) >= 11 is 0. The number of carboxylic acid groups (broad SMARTS) is 1. The molecule has 1 atom stereocenters. The molecule has 3 N–H and O–H groups in total. The topological polar surface area (TPSA) is 126 Å². The van der Waals surface area contributed by atoms with Gasteiger partial charge in [0.15, 0.2) is 0 Å². The van der Waals surface area contributed by atoms with Crippen molar-refractivity contribution in [3.63, 3.8) is 0 Å². The molecule has 1 unspecified atom stereocenters. The molecule has 1 aliphatic rings. The van der Waals surface area contributed by atoms with Gasteiger partial charge in [-0.2, -0.15) is 0 Å². The van der Waals surface area contributed by atoms with Crippen molar-refractivity contribution < 1.29 is 24.3 Å². The van der Waals surface area contributed by atoms with Gasteiger partial charge in [0.25, 0.3) is 0 Å². The predicted molar refractivity (Wildman–Crippen MR) is 89.5 cm³/mol. The molecule has 0 saturated heterocycles. The number of ether oxygens (including phenoxy) is 1. The summed E-state index contributed by atoms with van der Waals surface area (Å²) in [7, 11) is -1.21. The van der Waals surface area contributed by atoms with Gasteiger partial charge in [-0.05, 0) is 42.6 Å². The summed E-state index contributed by atoms with van der Waals surface area (Å²) in [5.74, 6) is -0.359. The maximum absolute atomic E-state index is 11.0. The van der Waals surface area contributed by atoms with Crippen molar-refractivity contribution in [1.82, 2.24) is 9.97 Å². The minimum absolute atomic E-state index is 0.221. The first-order chi connectivity index (χ1) is 11.8. The second-order valence-electron chi connectivity index (χ2n) is 5.79. The molecule has 1 aromatic heterocycles. The molecule has 0 saturated carbocycles. The summed E-state index contributed by atoms with van der Waals surface area (Å²) in [6.45, 7) is 3.40. The Bertz CT molecular complexity index is 858. The van der Waals surface area contributed by atoms with Gasteiger partial charge in [-0.3, -0.25) is 9.78 Å². The monoisotopic (exact) mass is 341 g/mol. The fourth-order valence-corrected chi connectivity index (χ4v) is 2.80. The van der Waals surface area contributed by atoms with Gasteiger partial charge >= 0.3 is 13.1 Å². The number of aromatic nitrogens is 2. The average Bonchev–Trinajstić information content (AvgIpc) is 2.83. The molecule has 0 spiro atoms. The molecule has 1 aromatic carbocycles. The van der Waals surface area contributed by atoms with Crippen LogP contribution >= 0.6 is 0 Å². The van der Waals surface area contributed by atoms with Gasteiger partial charge in [0, 0.05) is 0 Å². The summed E-state index contributed by atoms with van der Waals surface area (Å²) < 4.78 is 11.0. The van der Waals surface area contributed by atoms with Crippen LogP contribution in [0, 0.1) is 12.3 Å². The molecule has 2 heterocycles. The van der Waals surface area contributed by atoms with E-state index in [9.17, 15) is 9.82 Å². The number of nitrogens with one attached hydrogen (secondary N) is 1. The molecule has 2 aromatic rings. The summed E-state index contributed by atoms with van der Waals surface area (Å²) in [5, 5.41) is 26.6. The van der Waals surface area contributed by atoms with E-state index < -0.39 is 19.2 Å². The quantitative estimate of drug-likeness (QED) is 0.551. The lowest BCUT2D eigenvalue weighted by atomic mass is 9.77. The largest absolute Gasteiger partial charge is 0.492 e. The van der Waals surface area contributed by atoms with E-state index in [1.807, 2.05) is 0 Å². The molecule has 3 rings (SSSR count). The number of carboxylic acids is 1. The lowest BCUT2D eigenvalue weighted by Gasteiger charge is -2.13. The molecular formula is C16H16BN3O5. The maximum atomic E-state index is 11.0. The Morgan fingerprint density at radius 2 is 2.20 bits per heavy atom. The zero-order valence-electron chi connectivity index (χ0n) is 13.7. The van der Waals surface area contributed by atoms with Crippen LogP contribution in [0.25, 0.3) is 0 Å². The van der Waals surface area contributed by atoms with Gasteiger partial charge in [0.2, 0.25) is 5.88 Å². The van der Waals surface area contributed by atoms with Gasteiger partial charge in [-0.1, -0.05) is 0 Å². The van der Waals surface area contributed by atoms with Crippen LogP contribution < -0.4 is 10.2 Å². The summed E-state index contributed by atoms with van der Waals surface area (Å²) in [4.78, 5) is 19.1. The van der Waals surface area contributed by atoms with Gasteiger partial charge < -0.3 is 24.9 Å². The smallest absolute Gasteiger partial charge is 0.481 e. The molecule has 0 radical (unpaired) electrons. The molecule has 8 nitrogen and oxygen atoms in total. The summed E-state index contributed by atoms with van der Waals surface area (Å²) in [5.41, 5.74) is 2.57. The minimum atomic E-state index is -1.21. The van der Waals surface area contributed by atoms with Gasteiger partial charge in [0.05, 0.1) is 30.6 Å². The number of carbonyl (C=O) groups is 1. The van der Waals surface area contributed by atoms with Crippen LogP contribution in [-0.2, 0) is 9.45 Å². The van der Waals surface area contributed by atoms with E-state index in [1.54, 1.807) is 26.0 Å². The highest BCUT2D eigenvalue weighted by Crippen LogP contribution is 2.32. The Kier molecular flexibility index (Phi) is 4.52. The van der Waals surface area contributed by atoms with E-state index in [1.165, 1.54) is 12.4 Å². The standard InChI is InChI=1S/C16H16BN3O5/c1-8-3-10(24-14-7-19-6-12(20-14)9(2)18)4-11-16(8)13(5-15(21)22)25-17(11)23/h3-4,6-7,13,18,23H,5H2,1-2H3,(H,21,22). The molecule has 0 aliphatic carbocycles. The van der Waals surface area contributed by atoms with Crippen molar-refractivity contribution in [3.05, 3.63) is 41.3 Å². The van der Waals surface area contributed by atoms with Gasteiger partial charge in [0.1, 0.15) is 11.4 Å². The van der Waals surface area contributed by atoms with Crippen molar-refractivity contribution >= 4 is 24.3 Å². The van der Waals surface area contributed by atoms with Crippen LogP contribution in [0.15, 0.2) is 24.5 Å². The number of benzene rings is 1. The third kappa shape index (κ3) is 3.52. The van der Waals surface area contributed by atoms with Crippen LogP contribution in [-0.4, -0.2) is 38.9 Å². The predicted octanol–water partition coefficient (Wildman–Crippen LogP) is 1.20. The Morgan fingerprint density at radius 1 is 1.44 bits per heavy atom. The first-order valence-electron chi connectivity index (χ1n) is 7.60. The number of hydrogen-bond donors (Lipinski definition) is 3. The molecule has 0 bridgehead atoms. The second kappa shape index (κ2) is 6.62. The normalized spacial score (nSPS) is 15.8. The second-order valence-corrected chi connectivity index (χ2v) is 5.79. The van der Waals surface area contributed by atoms with E-state index in [4.69, 9.17) is 19.9 Å². The molecule has 9 heteroatoms. The van der Waals surface area contributed by atoms with E-state index in [2.05, 4.69) is 9.97 Å². The number of nitrogens with zero attached hydrogens (tertiary/aromatic N) is 2. The third-order valence-electron chi connectivity index (χ3n) is 3.85. The van der Waals surface area contributed by atoms with Crippen LogP contribution in [0.1, 0.15) is 36.3 Å². The molecule has 25 heavy (non-hydrogen) atoms. The Labute approximate surface area is 144 Å². The fourth-order valence-electron chi connectivity index (χ4n) is 2.80. The van der Waals surface area contributed by atoms with Crippen molar-refractivity contribution in [2.45, 2.75) is 26.4 Å². The van der Waals surface area contributed by atoms with Gasteiger partial charge in [-0.25, -0.2) is 4.98 Å². The van der Waals surface area contributed by atoms with Crippen LogP contribution in [0.3, 0.4) is 0 Å². The van der Waals surface area contributed by atoms with Crippen molar-refractivity contribution in [2.75, 3.05) is 0 Å². The zero-order chi connectivity index (χ0) is 18.1. The highest BCUT2D eigenvalue weighted by Gasteiger charge is 2.37. The Morgan fingerprint density at radius 3 is 2.88 bits per heavy atom. The van der Waals surface area contributed by atoms with Crippen molar-refractivity contribution in [1.29, 1.82) is 5.41 Å². The lowest BCUT2D eigenvalue weighted by molar-refractivity contribution is -0.138. The highest BCUT2D eigenvalue weighted by atomic mass is 16.5. The van der Waals surface area contributed by atoms with E-state index in [0.29, 0.717) is 22.5 Å². The van der Waals surface area contributed by atoms with E-state index in [-0.39, 0.29) is 18.0 Å². The first-order valence-corrected chi connectivity index (χ1v) is 7.60. The number of rotatable bonds is 5. The van der Waals surface area contributed by atoms with Crippen LogP contribution in [0.4, 0.5) is 0 Å². The van der Waals surface area contributed by atoms with Crippen LogP contribution in [0.5, 0.6) is 11.6 Å². The third-order valence-corrected chi connectivity index (χ3v) is 3.85. The molecule has 128 valence electrons. The number of hydrogen-bond acceptors (Lipinski definition) is 7. The van der Waals surface area contributed by atoms with Gasteiger partial charge in [-0.15, -0.1) is 0 Å². The molecule has 0 amide bonds. The summed E-state index contributed by atoms with van der Waals surface area (Å²) in [6, 6.07) is 3.32.